The van der Waals surface area contributed by atoms with Gasteiger partial charge in [-0.05, 0) is 67.6 Å². The van der Waals surface area contributed by atoms with E-state index in [1.54, 1.807) is 0 Å². The van der Waals surface area contributed by atoms with Gasteiger partial charge in [0.25, 0.3) is 0 Å². The Morgan fingerprint density at radius 1 is 0.600 bits per heavy atom. The van der Waals surface area contributed by atoms with E-state index in [-0.39, 0.29) is 0 Å². The van der Waals surface area contributed by atoms with E-state index in [1.165, 1.54) is 55.2 Å². The molecule has 0 aliphatic carbocycles. The van der Waals surface area contributed by atoms with E-state index >= 15 is 0 Å². The van der Waals surface area contributed by atoms with Crippen molar-refractivity contribution in [3.05, 3.63) is 76.9 Å². The monoisotopic (exact) mass is 326 g/mol. The van der Waals surface area contributed by atoms with Gasteiger partial charge >= 0.3 is 0 Å². The van der Waals surface area contributed by atoms with Crippen LogP contribution in [0.15, 0.2) is 54.6 Å². The zero-order valence-electron chi connectivity index (χ0n) is 15.6. The van der Waals surface area contributed by atoms with Crippen molar-refractivity contribution in [2.24, 2.45) is 7.05 Å². The molecule has 3 aromatic carbocycles. The zero-order valence-corrected chi connectivity index (χ0v) is 15.6. The highest BCUT2D eigenvalue weighted by Crippen LogP contribution is 2.39. The summed E-state index contributed by atoms with van der Waals surface area (Å²) in [6.45, 7) is 8.96. The van der Waals surface area contributed by atoms with E-state index in [4.69, 9.17) is 0 Å². The number of fused-ring (bicyclic) bond motifs is 2. The molecule has 0 atom stereocenters. The molecule has 0 aliphatic rings. The molecule has 1 aromatic heterocycles. The van der Waals surface area contributed by atoms with E-state index in [2.05, 4.69) is 93.9 Å². The minimum Gasteiger partial charge on any atom is -0.194 e. The van der Waals surface area contributed by atoms with E-state index in [1.807, 2.05) is 0 Å². The molecule has 0 fully saturated rings. The van der Waals surface area contributed by atoms with Gasteiger partial charge in [-0.3, -0.25) is 0 Å². The Bertz CT molecular complexity index is 1050. The first kappa shape index (κ1) is 15.8. The second-order valence-corrected chi connectivity index (χ2v) is 7.10. The maximum absolute atomic E-state index is 2.31. The fraction of sp³-hybridized carbons (Fsp3) is 0.208. The molecule has 1 heterocycles. The number of benzene rings is 3. The van der Waals surface area contributed by atoms with Crippen LogP contribution >= 0.6 is 0 Å². The predicted octanol–water partition coefficient (Wildman–Crippen LogP) is 5.72. The number of aromatic nitrogens is 1. The van der Waals surface area contributed by atoms with Gasteiger partial charge in [-0.2, -0.15) is 4.57 Å². The van der Waals surface area contributed by atoms with Crippen molar-refractivity contribution >= 4 is 21.8 Å². The largest absolute Gasteiger partial charge is 0.213 e. The third-order valence-corrected chi connectivity index (χ3v) is 5.69. The second kappa shape index (κ2) is 5.70. The Morgan fingerprint density at radius 2 is 1.04 bits per heavy atom. The van der Waals surface area contributed by atoms with Crippen molar-refractivity contribution in [2.75, 3.05) is 0 Å². The Labute approximate surface area is 149 Å². The third-order valence-electron chi connectivity index (χ3n) is 5.69. The molecule has 0 saturated carbocycles. The molecular formula is C24H24N+. The summed E-state index contributed by atoms with van der Waals surface area (Å²) in [5.41, 5.74) is 10.8. The zero-order chi connectivity index (χ0) is 17.7. The lowest BCUT2D eigenvalue weighted by Gasteiger charge is -2.18. The van der Waals surface area contributed by atoms with E-state index in [0.29, 0.717) is 0 Å². The second-order valence-electron chi connectivity index (χ2n) is 7.10. The number of pyridine rings is 1. The molecule has 0 unspecified atom stereocenters. The van der Waals surface area contributed by atoms with Crippen LogP contribution in [0.4, 0.5) is 0 Å². The average Bonchev–Trinajstić information content (AvgIpc) is 2.63. The molecule has 4 aromatic rings. The van der Waals surface area contributed by atoms with Crippen LogP contribution in [0.1, 0.15) is 22.3 Å². The highest BCUT2D eigenvalue weighted by Gasteiger charge is 2.21. The molecule has 0 saturated heterocycles. The van der Waals surface area contributed by atoms with Crippen LogP contribution in [0, 0.1) is 27.7 Å². The van der Waals surface area contributed by atoms with Gasteiger partial charge in [-0.15, -0.1) is 0 Å². The first-order valence-corrected chi connectivity index (χ1v) is 8.88. The third kappa shape index (κ3) is 2.26. The molecule has 0 amide bonds. The van der Waals surface area contributed by atoms with Crippen molar-refractivity contribution in [3.8, 4) is 11.1 Å². The van der Waals surface area contributed by atoms with Gasteiger partial charge in [-0.1, -0.05) is 30.3 Å². The molecule has 0 radical (unpaired) electrons. The smallest absolute Gasteiger partial charge is 0.194 e. The minimum atomic E-state index is 1.27. The van der Waals surface area contributed by atoms with Crippen LogP contribution in [0.3, 0.4) is 0 Å². The maximum atomic E-state index is 2.31. The normalized spacial score (nSPS) is 11.4. The summed E-state index contributed by atoms with van der Waals surface area (Å²) in [4.78, 5) is 0. The number of para-hydroxylation sites is 2. The Kier molecular flexibility index (Phi) is 3.61. The minimum absolute atomic E-state index is 1.27. The van der Waals surface area contributed by atoms with Crippen LogP contribution in [-0.2, 0) is 7.05 Å². The van der Waals surface area contributed by atoms with Crippen molar-refractivity contribution < 1.29 is 4.57 Å². The van der Waals surface area contributed by atoms with Gasteiger partial charge in [0.1, 0.15) is 7.05 Å². The summed E-state index contributed by atoms with van der Waals surface area (Å²) in [6.07, 6.45) is 0. The fourth-order valence-corrected chi connectivity index (χ4v) is 4.09. The van der Waals surface area contributed by atoms with Crippen LogP contribution in [0.2, 0.25) is 0 Å². The molecule has 0 aliphatic heterocycles. The van der Waals surface area contributed by atoms with Crippen molar-refractivity contribution in [2.45, 2.75) is 27.7 Å². The van der Waals surface area contributed by atoms with Gasteiger partial charge in [0.05, 0.1) is 10.8 Å². The lowest BCUT2D eigenvalue weighted by atomic mass is 9.86. The van der Waals surface area contributed by atoms with Crippen LogP contribution in [0.5, 0.6) is 0 Å². The van der Waals surface area contributed by atoms with Crippen LogP contribution in [-0.4, -0.2) is 0 Å². The first-order chi connectivity index (χ1) is 12.0. The summed E-state index contributed by atoms with van der Waals surface area (Å²) in [5, 5.41) is 2.64. The summed E-state index contributed by atoms with van der Waals surface area (Å²) in [5.74, 6) is 0. The van der Waals surface area contributed by atoms with Gasteiger partial charge in [0.15, 0.2) is 0 Å². The molecule has 25 heavy (non-hydrogen) atoms. The number of hydrogen-bond donors (Lipinski definition) is 0. The lowest BCUT2D eigenvalue weighted by Crippen LogP contribution is -2.30. The molecule has 1 nitrogen and oxygen atoms in total. The van der Waals surface area contributed by atoms with Crippen LogP contribution in [0.25, 0.3) is 32.9 Å². The van der Waals surface area contributed by atoms with Gasteiger partial charge in [-0.25, -0.2) is 0 Å². The molecule has 4 rings (SSSR count). The van der Waals surface area contributed by atoms with Gasteiger partial charge in [0.2, 0.25) is 11.0 Å². The molecular weight excluding hydrogens is 302 g/mol. The summed E-state index contributed by atoms with van der Waals surface area (Å²) >= 11 is 0. The number of nitrogens with zero attached hydrogens (tertiary/aromatic N) is 1. The summed E-state index contributed by atoms with van der Waals surface area (Å²) in [6, 6.07) is 19.8. The average molecular weight is 326 g/mol. The lowest BCUT2D eigenvalue weighted by molar-refractivity contribution is -0.617. The first-order valence-electron chi connectivity index (χ1n) is 8.88. The number of hydrogen-bond acceptors (Lipinski definition) is 0. The quantitative estimate of drug-likeness (QED) is 0.311. The van der Waals surface area contributed by atoms with Gasteiger partial charge < -0.3 is 0 Å². The fourth-order valence-electron chi connectivity index (χ4n) is 4.09. The van der Waals surface area contributed by atoms with Gasteiger partial charge in [0, 0.05) is 17.7 Å². The van der Waals surface area contributed by atoms with Crippen molar-refractivity contribution in [1.82, 2.24) is 0 Å². The van der Waals surface area contributed by atoms with E-state index in [0.717, 1.165) is 0 Å². The molecule has 1 heteroatoms. The Hall–Kier alpha value is -2.67. The summed E-state index contributed by atoms with van der Waals surface area (Å²) < 4.78 is 2.31. The number of rotatable bonds is 1. The Balaban J connectivity index is 2.32. The number of aryl methyl sites for hydroxylation is 3. The SMILES string of the molecule is Cc1cc(C)c(C)c(-c2c3ccccc3[n+](C)c3ccccc23)c1C. The molecule has 0 bridgehead atoms. The molecule has 0 N–H and O–H groups in total. The van der Waals surface area contributed by atoms with Crippen molar-refractivity contribution in [3.63, 3.8) is 0 Å². The highest BCUT2D eigenvalue weighted by molar-refractivity contribution is 6.08. The van der Waals surface area contributed by atoms with Crippen LogP contribution < -0.4 is 4.57 Å². The Morgan fingerprint density at radius 3 is 1.52 bits per heavy atom. The predicted molar refractivity (Wildman–Crippen MR) is 107 cm³/mol. The van der Waals surface area contributed by atoms with E-state index < -0.39 is 0 Å². The molecule has 0 spiro atoms. The topological polar surface area (TPSA) is 3.88 Å². The summed E-state index contributed by atoms with van der Waals surface area (Å²) in [7, 11) is 2.16. The highest BCUT2D eigenvalue weighted by atomic mass is 14.9. The van der Waals surface area contributed by atoms with E-state index in [9.17, 15) is 0 Å². The van der Waals surface area contributed by atoms with Crippen molar-refractivity contribution in [1.29, 1.82) is 0 Å². The maximum Gasteiger partial charge on any atom is 0.213 e. The molecule has 124 valence electrons. The standard InChI is InChI=1S/C24H24N/c1-15-14-16(2)18(4)23(17(15)3)24-19-10-6-8-12-21(19)25(5)22-13-9-7-11-20(22)24/h6-14H,1-5H3/q+1.